The molecule has 0 radical (unpaired) electrons. The molecule has 0 saturated carbocycles. The summed E-state index contributed by atoms with van der Waals surface area (Å²) in [5, 5.41) is 0. The summed E-state index contributed by atoms with van der Waals surface area (Å²) < 4.78 is 4.94. The highest BCUT2D eigenvalue weighted by Gasteiger charge is 2.13. The van der Waals surface area contributed by atoms with Crippen LogP contribution in [-0.2, 0) is 4.79 Å². The van der Waals surface area contributed by atoms with E-state index in [2.05, 4.69) is 91.5 Å². The van der Waals surface area contributed by atoms with Crippen molar-refractivity contribution in [1.82, 2.24) is 0 Å². The van der Waals surface area contributed by atoms with Crippen LogP contribution in [0, 0.1) is 13.8 Å². The molecule has 30 heavy (non-hydrogen) atoms. The van der Waals surface area contributed by atoms with Crippen LogP contribution in [0.4, 0.5) is 17.1 Å². The number of benzene rings is 4. The first-order valence-corrected chi connectivity index (χ1v) is 9.88. The van der Waals surface area contributed by atoms with Crippen molar-refractivity contribution in [2.24, 2.45) is 0 Å². The van der Waals surface area contributed by atoms with Crippen molar-refractivity contribution in [3.63, 3.8) is 0 Å². The molecule has 0 aliphatic rings. The normalized spacial score (nSPS) is 10.5. The van der Waals surface area contributed by atoms with Gasteiger partial charge in [-0.2, -0.15) is 0 Å². The fraction of sp³-hybridized carbons (Fsp3) is 0.0741. The highest BCUT2D eigenvalue weighted by atomic mass is 16.5. The van der Waals surface area contributed by atoms with Crippen molar-refractivity contribution in [3.05, 3.63) is 108 Å². The second-order valence-electron chi connectivity index (χ2n) is 7.29. The van der Waals surface area contributed by atoms with Crippen molar-refractivity contribution in [2.75, 3.05) is 4.90 Å². The van der Waals surface area contributed by atoms with E-state index in [1.54, 1.807) is 12.1 Å². The smallest absolute Gasteiger partial charge is 0.298 e. The van der Waals surface area contributed by atoms with Gasteiger partial charge in [-0.05, 0) is 73.5 Å². The van der Waals surface area contributed by atoms with Gasteiger partial charge >= 0.3 is 0 Å². The standard InChI is InChI=1S/C27H23NO2/c1-20-3-7-22(8-4-20)23-9-13-25(14-10-23)28(24-11-5-21(2)6-12-24)26-15-17-27(18-16-26)30-19-29/h3-19H,1-2H3. The number of ether oxygens (including phenoxy) is 1. The molecule has 148 valence electrons. The van der Waals surface area contributed by atoms with Gasteiger partial charge in [0.05, 0.1) is 0 Å². The molecule has 3 heteroatoms. The Hall–Kier alpha value is -3.85. The Balaban J connectivity index is 1.72. The lowest BCUT2D eigenvalue weighted by atomic mass is 10.0. The number of nitrogens with zero attached hydrogens (tertiary/aromatic N) is 1. The molecular formula is C27H23NO2. The van der Waals surface area contributed by atoms with Gasteiger partial charge in [0, 0.05) is 17.1 Å². The Kier molecular flexibility index (Phi) is 5.62. The van der Waals surface area contributed by atoms with E-state index in [9.17, 15) is 4.79 Å². The van der Waals surface area contributed by atoms with Gasteiger partial charge in [-0.1, -0.05) is 59.7 Å². The number of hydrogen-bond donors (Lipinski definition) is 0. The van der Waals surface area contributed by atoms with Gasteiger partial charge in [-0.15, -0.1) is 0 Å². The Morgan fingerprint density at radius 2 is 0.933 bits per heavy atom. The maximum Gasteiger partial charge on any atom is 0.298 e. The Morgan fingerprint density at radius 3 is 1.40 bits per heavy atom. The molecule has 4 rings (SSSR count). The van der Waals surface area contributed by atoms with E-state index < -0.39 is 0 Å². The first-order valence-electron chi connectivity index (χ1n) is 9.88. The van der Waals surface area contributed by atoms with Crippen LogP contribution in [-0.4, -0.2) is 6.47 Å². The maximum absolute atomic E-state index is 10.6. The van der Waals surface area contributed by atoms with Crippen molar-refractivity contribution < 1.29 is 9.53 Å². The van der Waals surface area contributed by atoms with E-state index in [1.165, 1.54) is 22.3 Å². The molecule has 4 aromatic carbocycles. The van der Waals surface area contributed by atoms with Gasteiger partial charge in [0.2, 0.25) is 0 Å². The number of carbonyl (C=O) groups excluding carboxylic acids is 1. The molecule has 0 aromatic heterocycles. The molecule has 0 heterocycles. The zero-order valence-electron chi connectivity index (χ0n) is 17.1. The predicted octanol–water partition coefficient (Wildman–Crippen LogP) is 6.98. The fourth-order valence-electron chi connectivity index (χ4n) is 3.42. The quantitative estimate of drug-likeness (QED) is 0.331. The summed E-state index contributed by atoms with van der Waals surface area (Å²) in [6.45, 7) is 4.62. The van der Waals surface area contributed by atoms with Crippen LogP contribution in [0.5, 0.6) is 5.75 Å². The topological polar surface area (TPSA) is 29.5 Å². The minimum atomic E-state index is 0.441. The Bertz CT molecular complexity index is 1110. The summed E-state index contributed by atoms with van der Waals surface area (Å²) in [6.07, 6.45) is 0. The van der Waals surface area contributed by atoms with Gasteiger partial charge in [-0.25, -0.2) is 0 Å². The number of hydrogen-bond acceptors (Lipinski definition) is 3. The number of rotatable bonds is 6. The van der Waals surface area contributed by atoms with Crippen LogP contribution in [0.1, 0.15) is 11.1 Å². The minimum absolute atomic E-state index is 0.441. The summed E-state index contributed by atoms with van der Waals surface area (Å²) in [7, 11) is 0. The molecule has 3 nitrogen and oxygen atoms in total. The van der Waals surface area contributed by atoms with Crippen LogP contribution < -0.4 is 9.64 Å². The first kappa shape index (κ1) is 19.5. The second-order valence-corrected chi connectivity index (χ2v) is 7.29. The first-order chi connectivity index (χ1) is 14.6. The lowest BCUT2D eigenvalue weighted by Crippen LogP contribution is -2.09. The molecule has 0 amide bonds. The van der Waals surface area contributed by atoms with E-state index in [-0.39, 0.29) is 0 Å². The average Bonchev–Trinajstić information content (AvgIpc) is 2.78. The largest absolute Gasteiger partial charge is 0.429 e. The van der Waals surface area contributed by atoms with Crippen LogP contribution in [0.3, 0.4) is 0 Å². The molecule has 0 spiro atoms. The predicted molar refractivity (Wildman–Crippen MR) is 123 cm³/mol. The van der Waals surface area contributed by atoms with Crippen LogP contribution in [0.2, 0.25) is 0 Å². The molecule has 0 fully saturated rings. The van der Waals surface area contributed by atoms with Crippen molar-refractivity contribution >= 4 is 23.5 Å². The summed E-state index contributed by atoms with van der Waals surface area (Å²) in [5.74, 6) is 0.521. The van der Waals surface area contributed by atoms with E-state index in [1.807, 2.05) is 12.1 Å². The third-order valence-corrected chi connectivity index (χ3v) is 5.08. The van der Waals surface area contributed by atoms with Crippen LogP contribution in [0.25, 0.3) is 11.1 Å². The van der Waals surface area contributed by atoms with Gasteiger partial charge in [0.15, 0.2) is 0 Å². The molecule has 0 saturated heterocycles. The summed E-state index contributed by atoms with van der Waals surface area (Å²) in [4.78, 5) is 12.8. The molecule has 0 aliphatic heterocycles. The van der Waals surface area contributed by atoms with E-state index in [0.29, 0.717) is 12.2 Å². The third-order valence-electron chi connectivity index (χ3n) is 5.08. The molecule has 0 atom stereocenters. The van der Waals surface area contributed by atoms with Gasteiger partial charge < -0.3 is 9.64 Å². The van der Waals surface area contributed by atoms with Crippen molar-refractivity contribution in [3.8, 4) is 16.9 Å². The zero-order valence-corrected chi connectivity index (χ0v) is 17.1. The minimum Gasteiger partial charge on any atom is -0.429 e. The van der Waals surface area contributed by atoms with E-state index >= 15 is 0 Å². The molecule has 0 bridgehead atoms. The van der Waals surface area contributed by atoms with Crippen molar-refractivity contribution in [2.45, 2.75) is 13.8 Å². The Labute approximate surface area is 177 Å². The third kappa shape index (κ3) is 4.26. The number of carbonyl (C=O) groups is 1. The highest BCUT2D eigenvalue weighted by molar-refractivity contribution is 5.78. The lowest BCUT2D eigenvalue weighted by Gasteiger charge is -2.26. The van der Waals surface area contributed by atoms with E-state index in [4.69, 9.17) is 4.74 Å². The van der Waals surface area contributed by atoms with Crippen LogP contribution in [0.15, 0.2) is 97.1 Å². The summed E-state index contributed by atoms with van der Waals surface area (Å²) in [6, 6.07) is 33.0. The van der Waals surface area contributed by atoms with Gasteiger partial charge in [0.1, 0.15) is 5.75 Å². The van der Waals surface area contributed by atoms with Gasteiger partial charge in [0.25, 0.3) is 6.47 Å². The van der Waals surface area contributed by atoms with Crippen molar-refractivity contribution in [1.29, 1.82) is 0 Å². The summed E-state index contributed by atoms with van der Waals surface area (Å²) >= 11 is 0. The second kappa shape index (κ2) is 8.66. The summed E-state index contributed by atoms with van der Waals surface area (Å²) in [5.41, 5.74) is 7.94. The number of aryl methyl sites for hydroxylation is 2. The molecule has 4 aromatic rings. The lowest BCUT2D eigenvalue weighted by molar-refractivity contribution is -0.120. The molecular weight excluding hydrogens is 370 g/mol. The number of anilines is 3. The van der Waals surface area contributed by atoms with Gasteiger partial charge in [-0.3, -0.25) is 4.79 Å². The molecule has 0 N–H and O–H groups in total. The van der Waals surface area contributed by atoms with E-state index in [0.717, 1.165) is 17.1 Å². The maximum atomic E-state index is 10.6. The molecule has 0 unspecified atom stereocenters. The highest BCUT2D eigenvalue weighted by Crippen LogP contribution is 2.36. The van der Waals surface area contributed by atoms with Crippen LogP contribution >= 0.6 is 0 Å². The molecule has 0 aliphatic carbocycles. The zero-order chi connectivity index (χ0) is 20.9. The fourth-order valence-corrected chi connectivity index (χ4v) is 3.42. The monoisotopic (exact) mass is 393 g/mol. The average molecular weight is 393 g/mol. The SMILES string of the molecule is Cc1ccc(-c2ccc(N(c3ccc(C)cc3)c3ccc(OC=O)cc3)cc2)cc1. The Morgan fingerprint density at radius 1 is 0.567 bits per heavy atom.